The molecule has 3 rings (SSSR count). The number of benzene rings is 1. The summed E-state index contributed by atoms with van der Waals surface area (Å²) in [5, 5.41) is 3.03. The van der Waals surface area contributed by atoms with E-state index >= 15 is 0 Å². The number of aromatic nitrogens is 1. The van der Waals surface area contributed by atoms with Crippen LogP contribution in [0.4, 0.5) is 0 Å². The molecule has 138 valence electrons. The number of amides is 2. The van der Waals surface area contributed by atoms with Crippen molar-refractivity contribution >= 4 is 11.8 Å². The smallest absolute Gasteiger partial charge is 0.276 e. The quantitative estimate of drug-likeness (QED) is 0.894. The summed E-state index contributed by atoms with van der Waals surface area (Å²) >= 11 is 0. The minimum absolute atomic E-state index is 0.0485. The number of carbonyl (C=O) groups excluding carboxylic acids is 2. The zero-order chi connectivity index (χ0) is 18.5. The van der Waals surface area contributed by atoms with Crippen LogP contribution in [0.25, 0.3) is 0 Å². The van der Waals surface area contributed by atoms with Crippen molar-refractivity contribution in [2.75, 3.05) is 19.6 Å². The second-order valence-electron chi connectivity index (χ2n) is 6.96. The van der Waals surface area contributed by atoms with Gasteiger partial charge in [0.05, 0.1) is 6.42 Å². The maximum absolute atomic E-state index is 12.4. The van der Waals surface area contributed by atoms with Crippen molar-refractivity contribution in [3.8, 4) is 0 Å². The van der Waals surface area contributed by atoms with Gasteiger partial charge in [-0.15, -0.1) is 0 Å². The molecule has 2 heterocycles. The van der Waals surface area contributed by atoms with Crippen molar-refractivity contribution in [3.63, 3.8) is 0 Å². The second kappa shape index (κ2) is 8.17. The van der Waals surface area contributed by atoms with Crippen LogP contribution in [-0.4, -0.2) is 41.3 Å². The minimum atomic E-state index is -0.0711. The second-order valence-corrected chi connectivity index (χ2v) is 6.96. The molecule has 1 aliphatic heterocycles. The average Bonchev–Trinajstić information content (AvgIpc) is 3.06. The van der Waals surface area contributed by atoms with Crippen molar-refractivity contribution in [2.45, 2.75) is 33.1 Å². The summed E-state index contributed by atoms with van der Waals surface area (Å²) < 4.78 is 5.11. The van der Waals surface area contributed by atoms with Gasteiger partial charge in [-0.1, -0.05) is 29.8 Å². The zero-order valence-corrected chi connectivity index (χ0v) is 15.3. The summed E-state index contributed by atoms with van der Waals surface area (Å²) in [6.07, 6.45) is 3.48. The predicted molar refractivity (Wildman–Crippen MR) is 97.8 cm³/mol. The SMILES string of the molecule is Cc1cccc(CC(=O)NCC2CCN(C(=O)c3ncoc3C)CC2)c1. The fraction of sp³-hybridized carbons (Fsp3) is 0.450. The highest BCUT2D eigenvalue weighted by Crippen LogP contribution is 2.19. The normalized spacial score (nSPS) is 15.1. The number of nitrogens with zero attached hydrogens (tertiary/aromatic N) is 2. The van der Waals surface area contributed by atoms with Crippen molar-refractivity contribution in [1.29, 1.82) is 0 Å². The summed E-state index contributed by atoms with van der Waals surface area (Å²) in [4.78, 5) is 30.4. The lowest BCUT2D eigenvalue weighted by molar-refractivity contribution is -0.120. The molecule has 6 nitrogen and oxygen atoms in total. The van der Waals surface area contributed by atoms with E-state index in [9.17, 15) is 9.59 Å². The van der Waals surface area contributed by atoms with Crippen LogP contribution in [0.1, 0.15) is 40.2 Å². The fourth-order valence-corrected chi connectivity index (χ4v) is 3.33. The molecular formula is C20H25N3O3. The van der Waals surface area contributed by atoms with Crippen molar-refractivity contribution < 1.29 is 14.0 Å². The standard InChI is InChI=1S/C20H25N3O3/c1-14-4-3-5-17(10-14)11-18(24)21-12-16-6-8-23(9-7-16)20(25)19-15(2)26-13-22-19/h3-5,10,13,16H,6-9,11-12H2,1-2H3,(H,21,24). The number of oxazole rings is 1. The Hall–Kier alpha value is -2.63. The third-order valence-corrected chi connectivity index (χ3v) is 4.88. The number of rotatable bonds is 5. The van der Waals surface area contributed by atoms with Crippen LogP contribution in [0.15, 0.2) is 35.1 Å². The first kappa shape index (κ1) is 18.2. The Kier molecular flexibility index (Phi) is 5.71. The van der Waals surface area contributed by atoms with Gasteiger partial charge >= 0.3 is 0 Å². The molecule has 0 spiro atoms. The van der Waals surface area contributed by atoms with Gasteiger partial charge in [0.25, 0.3) is 5.91 Å². The van der Waals surface area contributed by atoms with E-state index in [1.165, 1.54) is 6.39 Å². The van der Waals surface area contributed by atoms with Crippen molar-refractivity contribution in [1.82, 2.24) is 15.2 Å². The van der Waals surface area contributed by atoms with E-state index in [0.29, 0.717) is 43.4 Å². The molecule has 1 N–H and O–H groups in total. The number of hydrogen-bond donors (Lipinski definition) is 1. The Labute approximate surface area is 153 Å². The lowest BCUT2D eigenvalue weighted by Crippen LogP contribution is -2.42. The first-order chi connectivity index (χ1) is 12.5. The maximum atomic E-state index is 12.4. The van der Waals surface area contributed by atoms with Gasteiger partial charge in [0, 0.05) is 19.6 Å². The molecule has 1 aromatic carbocycles. The fourth-order valence-electron chi connectivity index (χ4n) is 3.33. The molecule has 1 aromatic heterocycles. The summed E-state index contributed by atoms with van der Waals surface area (Å²) in [6, 6.07) is 8.01. The molecule has 1 saturated heterocycles. The Morgan fingerprint density at radius 3 is 2.69 bits per heavy atom. The van der Waals surface area contributed by atoms with E-state index in [4.69, 9.17) is 4.42 Å². The molecule has 0 aliphatic carbocycles. The van der Waals surface area contributed by atoms with E-state index in [-0.39, 0.29) is 11.8 Å². The first-order valence-corrected chi connectivity index (χ1v) is 9.04. The van der Waals surface area contributed by atoms with Crippen molar-refractivity contribution in [2.24, 2.45) is 5.92 Å². The van der Waals surface area contributed by atoms with Gasteiger partial charge in [-0.05, 0) is 38.2 Å². The Balaban J connectivity index is 1.42. The van der Waals surface area contributed by atoms with Crippen LogP contribution in [0, 0.1) is 19.8 Å². The van der Waals surface area contributed by atoms with Gasteiger partial charge in [0.15, 0.2) is 12.1 Å². The van der Waals surface area contributed by atoms with E-state index in [0.717, 1.165) is 24.0 Å². The molecule has 26 heavy (non-hydrogen) atoms. The number of carbonyl (C=O) groups is 2. The Bertz CT molecular complexity index is 776. The molecule has 1 fully saturated rings. The minimum Gasteiger partial charge on any atom is -0.448 e. The van der Waals surface area contributed by atoms with E-state index in [2.05, 4.69) is 10.3 Å². The van der Waals surface area contributed by atoms with Crippen LogP contribution in [-0.2, 0) is 11.2 Å². The molecule has 2 amide bonds. The highest BCUT2D eigenvalue weighted by atomic mass is 16.3. The van der Waals surface area contributed by atoms with E-state index in [1.54, 1.807) is 6.92 Å². The van der Waals surface area contributed by atoms with E-state index in [1.807, 2.05) is 36.1 Å². The summed E-state index contributed by atoms with van der Waals surface area (Å²) in [6.45, 7) is 5.80. The molecule has 0 unspecified atom stereocenters. The lowest BCUT2D eigenvalue weighted by Gasteiger charge is -2.31. The molecule has 0 atom stereocenters. The van der Waals surface area contributed by atoms with Crippen LogP contribution >= 0.6 is 0 Å². The number of aryl methyl sites for hydroxylation is 2. The molecular weight excluding hydrogens is 330 g/mol. The average molecular weight is 355 g/mol. The Morgan fingerprint density at radius 2 is 2.04 bits per heavy atom. The molecule has 6 heteroatoms. The lowest BCUT2D eigenvalue weighted by atomic mass is 9.96. The first-order valence-electron chi connectivity index (χ1n) is 9.04. The van der Waals surface area contributed by atoms with Gasteiger partial charge in [-0.3, -0.25) is 9.59 Å². The largest absolute Gasteiger partial charge is 0.448 e. The topological polar surface area (TPSA) is 75.4 Å². The Morgan fingerprint density at radius 1 is 1.27 bits per heavy atom. The maximum Gasteiger partial charge on any atom is 0.276 e. The van der Waals surface area contributed by atoms with Crippen molar-refractivity contribution in [3.05, 3.63) is 53.2 Å². The number of nitrogens with one attached hydrogen (secondary N) is 1. The van der Waals surface area contributed by atoms with Gasteiger partial charge in [0.2, 0.25) is 5.91 Å². The van der Waals surface area contributed by atoms with Gasteiger partial charge in [-0.2, -0.15) is 0 Å². The van der Waals surface area contributed by atoms with E-state index < -0.39 is 0 Å². The highest BCUT2D eigenvalue weighted by Gasteiger charge is 2.26. The van der Waals surface area contributed by atoms with Crippen LogP contribution in [0.2, 0.25) is 0 Å². The predicted octanol–water partition coefficient (Wildman–Crippen LogP) is 2.50. The summed E-state index contributed by atoms with van der Waals surface area (Å²) in [7, 11) is 0. The third-order valence-electron chi connectivity index (χ3n) is 4.88. The third kappa shape index (κ3) is 4.50. The molecule has 0 saturated carbocycles. The van der Waals surface area contributed by atoms with Crippen LogP contribution < -0.4 is 5.32 Å². The summed E-state index contributed by atoms with van der Waals surface area (Å²) in [5.41, 5.74) is 2.59. The summed E-state index contributed by atoms with van der Waals surface area (Å²) in [5.74, 6) is 0.935. The number of likely N-dealkylation sites (tertiary alicyclic amines) is 1. The van der Waals surface area contributed by atoms with Crippen LogP contribution in [0.5, 0.6) is 0 Å². The highest BCUT2D eigenvalue weighted by molar-refractivity contribution is 5.93. The number of hydrogen-bond acceptors (Lipinski definition) is 4. The molecule has 0 bridgehead atoms. The number of piperidine rings is 1. The van der Waals surface area contributed by atoms with Gasteiger partial charge in [0.1, 0.15) is 5.76 Å². The van der Waals surface area contributed by atoms with Crippen LogP contribution in [0.3, 0.4) is 0 Å². The monoisotopic (exact) mass is 355 g/mol. The molecule has 0 radical (unpaired) electrons. The van der Waals surface area contributed by atoms with Gasteiger partial charge in [-0.25, -0.2) is 4.98 Å². The van der Waals surface area contributed by atoms with Gasteiger partial charge < -0.3 is 14.6 Å². The zero-order valence-electron chi connectivity index (χ0n) is 15.3. The molecule has 2 aromatic rings. The molecule has 1 aliphatic rings.